The van der Waals surface area contributed by atoms with E-state index in [0.717, 1.165) is 37.1 Å². The molecule has 0 saturated heterocycles. The van der Waals surface area contributed by atoms with Crippen molar-refractivity contribution in [3.05, 3.63) is 64.1 Å². The quantitative estimate of drug-likeness (QED) is 0.697. The van der Waals surface area contributed by atoms with Gasteiger partial charge in [-0.3, -0.25) is 4.58 Å². The average molecular weight is 456 g/mol. The molecule has 2 aromatic carbocycles. The highest BCUT2D eigenvalue weighted by molar-refractivity contribution is 6.30. The third-order valence-electron chi connectivity index (χ3n) is 5.12. The van der Waals surface area contributed by atoms with Crippen molar-refractivity contribution in [2.45, 2.75) is 31.4 Å². The molecule has 0 amide bonds. The van der Waals surface area contributed by atoms with Crippen LogP contribution in [0.1, 0.15) is 31.2 Å². The summed E-state index contributed by atoms with van der Waals surface area (Å²) in [5.41, 5.74) is 0.708. The monoisotopic (exact) mass is 454 g/mol. The Kier molecular flexibility index (Phi) is 5.97. The SMILES string of the molecule is OC1(c2ccc(Cl)cc2)C[N+]2=C(CCCCC2)N1c1ccc(Cl)cc1.[Br-]. The molecule has 2 heterocycles. The lowest BCUT2D eigenvalue weighted by atomic mass is 10.00. The summed E-state index contributed by atoms with van der Waals surface area (Å²) in [5.74, 6) is 1.19. The molecular formula is C20H21BrCl2N2O. The molecule has 3 nitrogen and oxygen atoms in total. The molecule has 0 spiro atoms. The summed E-state index contributed by atoms with van der Waals surface area (Å²) in [4.78, 5) is 2.08. The largest absolute Gasteiger partial charge is 1.00 e. The third-order valence-corrected chi connectivity index (χ3v) is 5.63. The lowest BCUT2D eigenvalue weighted by Crippen LogP contribution is -3.00. The van der Waals surface area contributed by atoms with Crippen LogP contribution >= 0.6 is 23.2 Å². The number of nitrogens with zero attached hydrogens (tertiary/aromatic N) is 2. The van der Waals surface area contributed by atoms with Gasteiger partial charge in [0.25, 0.3) is 11.6 Å². The molecule has 2 aromatic rings. The van der Waals surface area contributed by atoms with Crippen molar-refractivity contribution in [2.75, 3.05) is 18.0 Å². The Labute approximate surface area is 174 Å². The van der Waals surface area contributed by atoms with Gasteiger partial charge in [-0.2, -0.15) is 4.90 Å². The number of hydrogen-bond donors (Lipinski definition) is 1. The van der Waals surface area contributed by atoms with Gasteiger partial charge in [-0.1, -0.05) is 35.3 Å². The zero-order chi connectivity index (χ0) is 17.4. The molecule has 0 fully saturated rings. The van der Waals surface area contributed by atoms with E-state index in [0.29, 0.717) is 16.6 Å². The van der Waals surface area contributed by atoms with Crippen molar-refractivity contribution < 1.29 is 26.7 Å². The second kappa shape index (κ2) is 7.89. The van der Waals surface area contributed by atoms with E-state index in [2.05, 4.69) is 9.48 Å². The van der Waals surface area contributed by atoms with E-state index in [-0.39, 0.29) is 17.0 Å². The van der Waals surface area contributed by atoms with Gasteiger partial charge >= 0.3 is 0 Å². The van der Waals surface area contributed by atoms with E-state index < -0.39 is 5.72 Å². The molecule has 1 atom stereocenters. The molecule has 1 unspecified atom stereocenters. The van der Waals surface area contributed by atoms with Crippen LogP contribution in [0.4, 0.5) is 5.69 Å². The van der Waals surface area contributed by atoms with Crippen molar-refractivity contribution in [3.8, 4) is 0 Å². The number of aliphatic hydroxyl groups is 1. The van der Waals surface area contributed by atoms with Crippen molar-refractivity contribution in [1.82, 2.24) is 0 Å². The van der Waals surface area contributed by atoms with Crippen molar-refractivity contribution in [2.24, 2.45) is 0 Å². The standard InChI is InChI=1S/C20H21Cl2N2O.BrH/c21-16-7-5-15(6-8-16)20(25)14-23-13-3-1-2-4-19(23)24(20)18-11-9-17(22)10-12-18;/h5-12,25H,1-4,13-14H2;1H/q+1;/p-1. The number of anilines is 1. The first kappa shape index (κ1) is 19.7. The minimum absolute atomic E-state index is 0. The fourth-order valence-corrected chi connectivity index (χ4v) is 4.17. The highest BCUT2D eigenvalue weighted by Gasteiger charge is 2.53. The van der Waals surface area contributed by atoms with Crippen LogP contribution in [0.3, 0.4) is 0 Å². The van der Waals surface area contributed by atoms with Crippen LogP contribution in [0.25, 0.3) is 0 Å². The lowest BCUT2D eigenvalue weighted by Gasteiger charge is -2.29. The van der Waals surface area contributed by atoms with E-state index in [1.165, 1.54) is 12.3 Å². The molecule has 26 heavy (non-hydrogen) atoms. The Hall–Kier alpha value is -1.07. The zero-order valence-electron chi connectivity index (χ0n) is 14.3. The van der Waals surface area contributed by atoms with E-state index >= 15 is 0 Å². The molecule has 6 heteroatoms. The van der Waals surface area contributed by atoms with Gasteiger partial charge in [0, 0.05) is 22.0 Å². The van der Waals surface area contributed by atoms with Gasteiger partial charge in [-0.25, -0.2) is 0 Å². The maximum absolute atomic E-state index is 11.7. The van der Waals surface area contributed by atoms with Crippen LogP contribution in [0.5, 0.6) is 0 Å². The highest BCUT2D eigenvalue weighted by atomic mass is 79.9. The van der Waals surface area contributed by atoms with Crippen LogP contribution in [-0.2, 0) is 5.72 Å². The topological polar surface area (TPSA) is 26.5 Å². The summed E-state index contributed by atoms with van der Waals surface area (Å²) in [7, 11) is 0. The Bertz CT molecular complexity index is 808. The Morgan fingerprint density at radius 2 is 1.50 bits per heavy atom. The Morgan fingerprint density at radius 1 is 0.885 bits per heavy atom. The van der Waals surface area contributed by atoms with Gasteiger partial charge in [0.15, 0.2) is 6.54 Å². The van der Waals surface area contributed by atoms with Gasteiger partial charge in [0.05, 0.1) is 6.54 Å². The molecule has 0 aliphatic carbocycles. The molecule has 0 bridgehead atoms. The molecule has 0 radical (unpaired) electrons. The van der Waals surface area contributed by atoms with Gasteiger partial charge < -0.3 is 22.1 Å². The van der Waals surface area contributed by atoms with E-state index in [9.17, 15) is 5.11 Å². The van der Waals surface area contributed by atoms with Crippen LogP contribution in [0, 0.1) is 0 Å². The van der Waals surface area contributed by atoms with E-state index in [1.54, 1.807) is 0 Å². The highest BCUT2D eigenvalue weighted by Crippen LogP contribution is 2.38. The van der Waals surface area contributed by atoms with Crippen molar-refractivity contribution in [3.63, 3.8) is 0 Å². The summed E-state index contributed by atoms with van der Waals surface area (Å²) in [5, 5.41) is 13.1. The van der Waals surface area contributed by atoms with Crippen LogP contribution in [0.15, 0.2) is 48.5 Å². The fraction of sp³-hybridized carbons (Fsp3) is 0.350. The second-order valence-corrected chi connectivity index (χ2v) is 7.66. The Morgan fingerprint density at radius 3 is 2.15 bits per heavy atom. The molecule has 1 N–H and O–H groups in total. The number of rotatable bonds is 2. The van der Waals surface area contributed by atoms with Gasteiger partial charge in [0.1, 0.15) is 5.69 Å². The summed E-state index contributed by atoms with van der Waals surface area (Å²) >= 11 is 12.1. The first-order valence-electron chi connectivity index (χ1n) is 8.73. The minimum atomic E-state index is -1.11. The average Bonchev–Trinajstić information content (AvgIpc) is 2.74. The summed E-state index contributed by atoms with van der Waals surface area (Å²) in [6.45, 7) is 1.54. The smallest absolute Gasteiger partial charge is 0.275 e. The first-order chi connectivity index (χ1) is 12.1. The van der Waals surface area contributed by atoms with E-state index in [1.807, 2.05) is 48.5 Å². The molecule has 4 rings (SSSR count). The predicted octanol–water partition coefficient (Wildman–Crippen LogP) is 1.65. The molecule has 2 aliphatic heterocycles. The predicted molar refractivity (Wildman–Crippen MR) is 103 cm³/mol. The minimum Gasteiger partial charge on any atom is -1.00 e. The number of hydrogen-bond acceptors (Lipinski definition) is 2. The molecule has 0 aromatic heterocycles. The molecule has 138 valence electrons. The third kappa shape index (κ3) is 3.53. The maximum Gasteiger partial charge on any atom is 0.275 e. The number of halogens is 3. The van der Waals surface area contributed by atoms with Crippen LogP contribution in [-0.4, -0.2) is 28.6 Å². The normalized spacial score (nSPS) is 22.7. The van der Waals surface area contributed by atoms with Crippen molar-refractivity contribution >= 4 is 34.7 Å². The van der Waals surface area contributed by atoms with Crippen LogP contribution < -0.4 is 21.9 Å². The number of amidine groups is 1. The molecule has 2 aliphatic rings. The lowest BCUT2D eigenvalue weighted by molar-refractivity contribution is -0.534. The van der Waals surface area contributed by atoms with Crippen molar-refractivity contribution in [1.29, 1.82) is 0 Å². The maximum atomic E-state index is 11.7. The summed E-state index contributed by atoms with van der Waals surface area (Å²) < 4.78 is 2.33. The molecular weight excluding hydrogens is 435 g/mol. The zero-order valence-corrected chi connectivity index (χ0v) is 17.4. The second-order valence-electron chi connectivity index (χ2n) is 6.78. The van der Waals surface area contributed by atoms with Gasteiger partial charge in [-0.05, 0) is 55.7 Å². The van der Waals surface area contributed by atoms with Gasteiger partial charge in [-0.15, -0.1) is 0 Å². The molecule has 0 saturated carbocycles. The summed E-state index contributed by atoms with van der Waals surface area (Å²) in [6, 6.07) is 15.2. The van der Waals surface area contributed by atoms with Crippen LogP contribution in [0.2, 0.25) is 10.0 Å². The summed E-state index contributed by atoms with van der Waals surface area (Å²) in [6.07, 6.45) is 4.51. The Balaban J connectivity index is 0.00000196. The number of benzene rings is 2. The van der Waals surface area contributed by atoms with Gasteiger partial charge in [0.2, 0.25) is 0 Å². The van der Waals surface area contributed by atoms with E-state index in [4.69, 9.17) is 23.2 Å². The fourth-order valence-electron chi connectivity index (χ4n) is 3.91. The first-order valence-corrected chi connectivity index (χ1v) is 9.48.